The number of fused-ring (bicyclic) bond motifs is 5. The molecule has 0 saturated heterocycles. The van der Waals surface area contributed by atoms with Gasteiger partial charge in [0.1, 0.15) is 0 Å². The molecule has 4 aliphatic carbocycles. The standard InChI is InChI=1S/C27H46O4/c1-5-14-27(31,24(29)30)23(28)17(2)20-11-12-21-19-10-9-18-8-6-7-15-25(18,3)22(19)13-16-26(20,21)4/h17-23,28,31H,5-16H2,1-4H3,(H,29,30)/t17-,18?,19-,20+,21-,22-,23?,25-,26+,27?/m0/s1. The van der Waals surface area contributed by atoms with Gasteiger partial charge < -0.3 is 15.3 Å². The molecule has 178 valence electrons. The lowest BCUT2D eigenvalue weighted by Gasteiger charge is -2.61. The molecule has 0 aromatic rings. The number of hydrogen-bond donors (Lipinski definition) is 3. The molecule has 0 aromatic heterocycles. The number of rotatable bonds is 6. The number of carboxylic acid groups (broad SMARTS) is 1. The second-order valence-electron chi connectivity index (χ2n) is 12.4. The van der Waals surface area contributed by atoms with E-state index in [2.05, 4.69) is 13.8 Å². The molecule has 31 heavy (non-hydrogen) atoms. The van der Waals surface area contributed by atoms with Crippen LogP contribution in [-0.2, 0) is 4.79 Å². The van der Waals surface area contributed by atoms with Crippen LogP contribution in [0.4, 0.5) is 0 Å². The molecule has 4 nitrogen and oxygen atoms in total. The molecular formula is C27H46O4. The lowest BCUT2D eigenvalue weighted by molar-refractivity contribution is -0.183. The van der Waals surface area contributed by atoms with E-state index in [1.807, 2.05) is 13.8 Å². The number of hydrogen-bond acceptors (Lipinski definition) is 3. The van der Waals surface area contributed by atoms with Gasteiger partial charge in [0, 0.05) is 0 Å². The zero-order chi connectivity index (χ0) is 22.6. The van der Waals surface area contributed by atoms with Crippen molar-refractivity contribution in [1.29, 1.82) is 0 Å². The number of carbonyl (C=O) groups is 1. The minimum absolute atomic E-state index is 0.102. The molecule has 3 unspecified atom stereocenters. The predicted octanol–water partition coefficient (Wildman–Crippen LogP) is 5.65. The Morgan fingerprint density at radius 3 is 2.39 bits per heavy atom. The maximum absolute atomic E-state index is 11.9. The quantitative estimate of drug-likeness (QED) is 0.505. The summed E-state index contributed by atoms with van der Waals surface area (Å²) in [5, 5.41) is 31.7. The van der Waals surface area contributed by atoms with Crippen molar-refractivity contribution < 1.29 is 20.1 Å². The largest absolute Gasteiger partial charge is 0.479 e. The highest BCUT2D eigenvalue weighted by molar-refractivity contribution is 5.78. The van der Waals surface area contributed by atoms with E-state index in [4.69, 9.17) is 0 Å². The van der Waals surface area contributed by atoms with Crippen LogP contribution in [-0.4, -0.2) is 33.0 Å². The van der Waals surface area contributed by atoms with Gasteiger partial charge in [0.25, 0.3) is 0 Å². The van der Waals surface area contributed by atoms with Gasteiger partial charge in [-0.2, -0.15) is 0 Å². The molecule has 4 heteroatoms. The molecule has 0 aromatic carbocycles. The van der Waals surface area contributed by atoms with Crippen molar-refractivity contribution >= 4 is 5.97 Å². The maximum atomic E-state index is 11.9. The zero-order valence-corrected chi connectivity index (χ0v) is 20.3. The molecule has 0 spiro atoms. The van der Waals surface area contributed by atoms with Crippen molar-refractivity contribution in [3.63, 3.8) is 0 Å². The average molecular weight is 435 g/mol. The lowest BCUT2D eigenvalue weighted by Crippen LogP contribution is -2.56. The Hall–Kier alpha value is -0.610. The lowest BCUT2D eigenvalue weighted by atomic mass is 9.44. The molecule has 4 saturated carbocycles. The highest BCUT2D eigenvalue weighted by atomic mass is 16.4. The first-order chi connectivity index (χ1) is 14.6. The topological polar surface area (TPSA) is 77.8 Å². The Kier molecular flexibility index (Phi) is 6.31. The molecule has 0 bridgehead atoms. The third kappa shape index (κ3) is 3.50. The molecule has 4 fully saturated rings. The normalized spacial score (nSPS) is 46.2. The van der Waals surface area contributed by atoms with Crippen molar-refractivity contribution in [2.75, 3.05) is 0 Å². The van der Waals surface area contributed by atoms with Crippen LogP contribution in [0.25, 0.3) is 0 Å². The van der Waals surface area contributed by atoms with Gasteiger partial charge in [0.15, 0.2) is 5.60 Å². The van der Waals surface area contributed by atoms with Crippen LogP contribution in [0.2, 0.25) is 0 Å². The van der Waals surface area contributed by atoms with Crippen LogP contribution in [0.15, 0.2) is 0 Å². The van der Waals surface area contributed by atoms with Crippen LogP contribution in [0, 0.1) is 46.3 Å². The van der Waals surface area contributed by atoms with Crippen molar-refractivity contribution in [3.05, 3.63) is 0 Å². The fourth-order valence-corrected chi connectivity index (χ4v) is 9.62. The summed E-state index contributed by atoms with van der Waals surface area (Å²) in [5.74, 6) is 2.05. The summed E-state index contributed by atoms with van der Waals surface area (Å²) in [6, 6.07) is 0. The Labute approximate surface area is 189 Å². The Balaban J connectivity index is 1.55. The molecule has 10 atom stereocenters. The van der Waals surface area contributed by atoms with Crippen molar-refractivity contribution in [3.8, 4) is 0 Å². The Bertz CT molecular complexity index is 678. The monoisotopic (exact) mass is 434 g/mol. The summed E-state index contributed by atoms with van der Waals surface area (Å²) < 4.78 is 0. The minimum Gasteiger partial charge on any atom is -0.479 e. The van der Waals surface area contributed by atoms with Crippen LogP contribution >= 0.6 is 0 Å². The van der Waals surface area contributed by atoms with E-state index in [9.17, 15) is 20.1 Å². The van der Waals surface area contributed by atoms with Gasteiger partial charge in [-0.15, -0.1) is 0 Å². The molecular weight excluding hydrogens is 388 g/mol. The van der Waals surface area contributed by atoms with Gasteiger partial charge in [-0.1, -0.05) is 47.0 Å². The summed E-state index contributed by atoms with van der Waals surface area (Å²) in [6.45, 7) is 8.90. The zero-order valence-electron chi connectivity index (χ0n) is 20.3. The van der Waals surface area contributed by atoms with Crippen LogP contribution < -0.4 is 0 Å². The van der Waals surface area contributed by atoms with Gasteiger partial charge in [-0.3, -0.25) is 0 Å². The molecule has 0 heterocycles. The second kappa shape index (κ2) is 8.31. The Morgan fingerprint density at radius 1 is 1.00 bits per heavy atom. The summed E-state index contributed by atoms with van der Waals surface area (Å²) in [6.07, 6.45) is 12.6. The highest BCUT2D eigenvalue weighted by Crippen LogP contribution is 2.68. The van der Waals surface area contributed by atoms with Crippen LogP contribution in [0.1, 0.15) is 105 Å². The van der Waals surface area contributed by atoms with Gasteiger partial charge in [0.05, 0.1) is 6.10 Å². The summed E-state index contributed by atoms with van der Waals surface area (Å²) >= 11 is 0. The van der Waals surface area contributed by atoms with Crippen LogP contribution in [0.5, 0.6) is 0 Å². The number of aliphatic hydroxyl groups is 2. The van der Waals surface area contributed by atoms with Gasteiger partial charge in [-0.25, -0.2) is 4.79 Å². The van der Waals surface area contributed by atoms with Crippen molar-refractivity contribution in [1.82, 2.24) is 0 Å². The fraction of sp³-hybridized carbons (Fsp3) is 0.963. The third-order valence-corrected chi connectivity index (χ3v) is 11.3. The third-order valence-electron chi connectivity index (χ3n) is 11.3. The van der Waals surface area contributed by atoms with E-state index in [1.165, 1.54) is 57.8 Å². The van der Waals surface area contributed by atoms with Crippen LogP contribution in [0.3, 0.4) is 0 Å². The smallest absolute Gasteiger partial charge is 0.338 e. The van der Waals surface area contributed by atoms with Gasteiger partial charge >= 0.3 is 5.97 Å². The molecule has 4 aliphatic rings. The van der Waals surface area contributed by atoms with E-state index in [0.29, 0.717) is 17.8 Å². The number of aliphatic hydroxyl groups excluding tert-OH is 1. The van der Waals surface area contributed by atoms with Gasteiger partial charge in [-0.05, 0) is 104 Å². The van der Waals surface area contributed by atoms with E-state index < -0.39 is 17.7 Å². The summed E-state index contributed by atoms with van der Waals surface area (Å²) in [7, 11) is 0. The minimum atomic E-state index is -2.03. The van der Waals surface area contributed by atoms with Crippen molar-refractivity contribution in [2.45, 2.75) is 116 Å². The summed E-state index contributed by atoms with van der Waals surface area (Å²) in [4.78, 5) is 11.9. The second-order valence-corrected chi connectivity index (χ2v) is 12.4. The number of aliphatic carboxylic acids is 1. The average Bonchev–Trinajstić information content (AvgIpc) is 3.09. The molecule has 3 N–H and O–H groups in total. The molecule has 0 amide bonds. The summed E-state index contributed by atoms with van der Waals surface area (Å²) in [5.41, 5.74) is -1.35. The van der Waals surface area contributed by atoms with E-state index >= 15 is 0 Å². The van der Waals surface area contributed by atoms with E-state index in [-0.39, 0.29) is 23.7 Å². The first-order valence-corrected chi connectivity index (χ1v) is 13.2. The number of carboxylic acids is 1. The van der Waals surface area contributed by atoms with E-state index in [1.54, 1.807) is 0 Å². The first kappa shape index (κ1) is 23.5. The fourth-order valence-electron chi connectivity index (χ4n) is 9.62. The van der Waals surface area contributed by atoms with Gasteiger partial charge in [0.2, 0.25) is 0 Å². The first-order valence-electron chi connectivity index (χ1n) is 13.2. The predicted molar refractivity (Wildman–Crippen MR) is 122 cm³/mol. The maximum Gasteiger partial charge on any atom is 0.338 e. The molecule has 4 rings (SSSR count). The molecule has 0 radical (unpaired) electrons. The van der Waals surface area contributed by atoms with Crippen molar-refractivity contribution in [2.24, 2.45) is 46.3 Å². The Morgan fingerprint density at radius 2 is 1.71 bits per heavy atom. The molecule has 0 aliphatic heterocycles. The van der Waals surface area contributed by atoms with E-state index in [0.717, 1.165) is 24.2 Å². The SMILES string of the molecule is CCCC(O)(C(=O)O)C(O)[C@@H](C)[C@H]1CC[C@H]2[C@@H]3CCC4CCCC[C@]4(C)[C@H]3CC[C@]12C. The highest BCUT2D eigenvalue weighted by Gasteiger charge is 2.61.